The lowest BCUT2D eigenvalue weighted by molar-refractivity contribution is -0.384. The number of nitrogens with one attached hydrogen (secondary N) is 1. The SMILES string of the molecule is COc1ccc(C2=C(Oc3ccc([N+](=O)[O-])cc3)C(c3ccc(C)cc3)Sc3ccccc3N2)cc1. The van der Waals surface area contributed by atoms with Gasteiger partial charge in [0.25, 0.3) is 5.69 Å². The van der Waals surface area contributed by atoms with Crippen LogP contribution in [0.1, 0.15) is 21.9 Å². The van der Waals surface area contributed by atoms with Crippen molar-refractivity contribution in [2.24, 2.45) is 0 Å². The molecule has 6 nitrogen and oxygen atoms in total. The molecule has 1 unspecified atom stereocenters. The highest BCUT2D eigenvalue weighted by Gasteiger charge is 2.30. The van der Waals surface area contributed by atoms with E-state index in [1.807, 2.05) is 42.5 Å². The van der Waals surface area contributed by atoms with Gasteiger partial charge in [0, 0.05) is 22.6 Å². The molecule has 4 aromatic rings. The van der Waals surface area contributed by atoms with E-state index in [4.69, 9.17) is 9.47 Å². The Morgan fingerprint density at radius 2 is 1.53 bits per heavy atom. The van der Waals surface area contributed by atoms with E-state index < -0.39 is 4.92 Å². The third-order valence-corrected chi connectivity index (χ3v) is 7.24. The first kappa shape index (κ1) is 23.5. The number of nitrogens with zero attached hydrogens (tertiary/aromatic N) is 1. The minimum Gasteiger partial charge on any atom is -0.497 e. The molecule has 1 aliphatic heterocycles. The predicted octanol–water partition coefficient (Wildman–Crippen LogP) is 7.62. The van der Waals surface area contributed by atoms with Crippen LogP contribution in [-0.4, -0.2) is 12.0 Å². The molecule has 1 heterocycles. The van der Waals surface area contributed by atoms with Crippen molar-refractivity contribution >= 4 is 28.8 Å². The first-order valence-corrected chi connectivity index (χ1v) is 12.3. The lowest BCUT2D eigenvalue weighted by atomic mass is 10.0. The first-order valence-electron chi connectivity index (χ1n) is 11.4. The van der Waals surface area contributed by atoms with Gasteiger partial charge in [-0.05, 0) is 61.0 Å². The number of aryl methyl sites for hydroxylation is 1. The van der Waals surface area contributed by atoms with Crippen molar-refractivity contribution in [3.05, 3.63) is 130 Å². The summed E-state index contributed by atoms with van der Waals surface area (Å²) >= 11 is 1.70. The fourth-order valence-electron chi connectivity index (χ4n) is 3.98. The zero-order valence-electron chi connectivity index (χ0n) is 19.8. The molecule has 0 spiro atoms. The van der Waals surface area contributed by atoms with E-state index in [0.717, 1.165) is 33.2 Å². The van der Waals surface area contributed by atoms with Gasteiger partial charge in [0.1, 0.15) is 17.3 Å². The average molecular weight is 497 g/mol. The minimum atomic E-state index is -0.416. The van der Waals surface area contributed by atoms with Crippen LogP contribution in [0.25, 0.3) is 5.70 Å². The molecule has 0 bridgehead atoms. The number of non-ortho nitro benzene ring substituents is 1. The van der Waals surface area contributed by atoms with Gasteiger partial charge in [0.2, 0.25) is 0 Å². The average Bonchev–Trinajstić information content (AvgIpc) is 3.07. The van der Waals surface area contributed by atoms with Gasteiger partial charge in [0.05, 0.1) is 28.7 Å². The second kappa shape index (κ2) is 10.2. The maximum Gasteiger partial charge on any atom is 0.269 e. The number of nitro groups is 1. The van der Waals surface area contributed by atoms with Crippen LogP contribution < -0.4 is 14.8 Å². The van der Waals surface area contributed by atoms with Gasteiger partial charge < -0.3 is 14.8 Å². The molecule has 0 saturated carbocycles. The second-order valence-electron chi connectivity index (χ2n) is 8.35. The van der Waals surface area contributed by atoms with Gasteiger partial charge >= 0.3 is 0 Å². The topological polar surface area (TPSA) is 73.6 Å². The van der Waals surface area contributed by atoms with Gasteiger partial charge in [0.15, 0.2) is 0 Å². The number of fused-ring (bicyclic) bond motifs is 1. The molecule has 0 fully saturated rings. The summed E-state index contributed by atoms with van der Waals surface area (Å²) in [6.07, 6.45) is 0. The van der Waals surface area contributed by atoms with Gasteiger partial charge in [-0.3, -0.25) is 10.1 Å². The van der Waals surface area contributed by atoms with E-state index in [0.29, 0.717) is 11.5 Å². The van der Waals surface area contributed by atoms with Crippen molar-refractivity contribution in [3.63, 3.8) is 0 Å². The molecule has 1 aliphatic rings. The first-order chi connectivity index (χ1) is 17.5. The summed E-state index contributed by atoms with van der Waals surface area (Å²) in [5.74, 6) is 1.99. The molecule has 180 valence electrons. The molecule has 7 heteroatoms. The Balaban J connectivity index is 1.69. The largest absolute Gasteiger partial charge is 0.497 e. The Kier molecular flexibility index (Phi) is 6.64. The van der Waals surface area contributed by atoms with E-state index in [-0.39, 0.29) is 10.9 Å². The van der Waals surface area contributed by atoms with E-state index in [9.17, 15) is 10.1 Å². The number of thioether (sulfide) groups is 1. The van der Waals surface area contributed by atoms with Crippen LogP contribution in [0.2, 0.25) is 0 Å². The van der Waals surface area contributed by atoms with Crippen molar-refractivity contribution in [2.45, 2.75) is 17.1 Å². The number of nitro benzene ring substituents is 1. The Morgan fingerprint density at radius 3 is 2.19 bits per heavy atom. The van der Waals surface area contributed by atoms with E-state index in [1.54, 1.807) is 31.0 Å². The lowest BCUT2D eigenvalue weighted by Crippen LogP contribution is -2.11. The number of hydrogen-bond donors (Lipinski definition) is 1. The molecule has 36 heavy (non-hydrogen) atoms. The summed E-state index contributed by atoms with van der Waals surface area (Å²) in [6.45, 7) is 2.06. The number of para-hydroxylation sites is 1. The fourth-order valence-corrected chi connectivity index (χ4v) is 5.20. The number of methoxy groups -OCH3 is 1. The number of ether oxygens (including phenoxy) is 2. The van der Waals surface area contributed by atoms with Crippen molar-refractivity contribution in [1.82, 2.24) is 0 Å². The predicted molar refractivity (Wildman–Crippen MR) is 143 cm³/mol. The molecule has 0 aliphatic carbocycles. The highest BCUT2D eigenvalue weighted by Crippen LogP contribution is 2.49. The molecular formula is C29H24N2O4S. The van der Waals surface area contributed by atoms with Crippen LogP contribution in [0.4, 0.5) is 11.4 Å². The maximum atomic E-state index is 11.2. The highest BCUT2D eigenvalue weighted by molar-refractivity contribution is 8.00. The van der Waals surface area contributed by atoms with E-state index >= 15 is 0 Å². The smallest absolute Gasteiger partial charge is 0.269 e. The third kappa shape index (κ3) is 4.92. The van der Waals surface area contributed by atoms with E-state index in [1.165, 1.54) is 17.7 Å². The lowest BCUT2D eigenvalue weighted by Gasteiger charge is -2.22. The molecule has 0 saturated heterocycles. The minimum absolute atomic E-state index is 0.0163. The van der Waals surface area contributed by atoms with Crippen LogP contribution in [-0.2, 0) is 0 Å². The van der Waals surface area contributed by atoms with Crippen LogP contribution >= 0.6 is 11.8 Å². The number of rotatable bonds is 6. The van der Waals surface area contributed by atoms with Crippen molar-refractivity contribution in [1.29, 1.82) is 0 Å². The van der Waals surface area contributed by atoms with Crippen LogP contribution in [0.5, 0.6) is 11.5 Å². The summed E-state index contributed by atoms with van der Waals surface area (Å²) in [4.78, 5) is 11.8. The van der Waals surface area contributed by atoms with Gasteiger partial charge in [-0.2, -0.15) is 0 Å². The second-order valence-corrected chi connectivity index (χ2v) is 9.50. The molecule has 0 radical (unpaired) electrons. The molecular weight excluding hydrogens is 472 g/mol. The summed E-state index contributed by atoms with van der Waals surface area (Å²) in [5.41, 5.74) is 5.01. The van der Waals surface area contributed by atoms with E-state index in [2.05, 4.69) is 42.6 Å². The summed E-state index contributed by atoms with van der Waals surface area (Å²) < 4.78 is 11.9. The van der Waals surface area contributed by atoms with Crippen LogP contribution in [0, 0.1) is 17.0 Å². The quantitative estimate of drug-likeness (QED) is 0.219. The normalized spacial score (nSPS) is 14.9. The molecule has 5 rings (SSSR count). The zero-order chi connectivity index (χ0) is 25.1. The summed E-state index contributed by atoms with van der Waals surface area (Å²) in [7, 11) is 1.64. The Hall–Kier alpha value is -4.23. The van der Waals surface area contributed by atoms with Crippen LogP contribution in [0.3, 0.4) is 0 Å². The number of anilines is 1. The van der Waals surface area contributed by atoms with Crippen molar-refractivity contribution < 1.29 is 14.4 Å². The Labute approximate surface area is 213 Å². The van der Waals surface area contributed by atoms with Crippen molar-refractivity contribution in [2.75, 3.05) is 12.4 Å². The number of hydrogen-bond acceptors (Lipinski definition) is 6. The molecule has 0 aromatic heterocycles. The maximum absolute atomic E-state index is 11.2. The van der Waals surface area contributed by atoms with Gasteiger partial charge in [-0.25, -0.2) is 0 Å². The molecule has 1 N–H and O–H groups in total. The Bertz CT molecular complexity index is 1420. The molecule has 4 aromatic carbocycles. The number of benzene rings is 4. The summed E-state index contributed by atoms with van der Waals surface area (Å²) in [5, 5.41) is 14.6. The third-order valence-electron chi connectivity index (χ3n) is 5.91. The fraction of sp³-hybridized carbons (Fsp3) is 0.103. The zero-order valence-corrected chi connectivity index (χ0v) is 20.6. The monoisotopic (exact) mass is 496 g/mol. The molecule has 1 atom stereocenters. The van der Waals surface area contributed by atoms with Crippen molar-refractivity contribution in [3.8, 4) is 11.5 Å². The Morgan fingerprint density at radius 1 is 0.861 bits per heavy atom. The highest BCUT2D eigenvalue weighted by atomic mass is 32.2. The van der Waals surface area contributed by atoms with Gasteiger partial charge in [-0.15, -0.1) is 11.8 Å². The standard InChI is InChI=1S/C29H24N2O4S/c1-19-7-9-21(10-8-19)29-28(35-24-17-13-22(14-18-24)31(32)33)27(20-11-15-23(34-2)16-12-20)30-25-5-3-4-6-26(25)36-29/h3-18,29-30H,1-2H3. The van der Waals surface area contributed by atoms with Gasteiger partial charge in [-0.1, -0.05) is 42.0 Å². The van der Waals surface area contributed by atoms with Crippen LogP contribution in [0.15, 0.2) is 108 Å². The molecule has 0 amide bonds. The summed E-state index contributed by atoms with van der Waals surface area (Å²) in [6, 6.07) is 30.6.